The van der Waals surface area contributed by atoms with Crippen LogP contribution in [0, 0.1) is 0 Å². The van der Waals surface area contributed by atoms with E-state index in [0.717, 1.165) is 0 Å². The van der Waals surface area contributed by atoms with Crippen molar-refractivity contribution in [1.29, 1.82) is 0 Å². The minimum Gasteiger partial charge on any atom is -0.399 e. The van der Waals surface area contributed by atoms with Crippen molar-refractivity contribution in [3.8, 4) is 0 Å². The van der Waals surface area contributed by atoms with E-state index in [1.54, 1.807) is 0 Å². The average Bonchev–Trinajstić information content (AvgIpc) is 2.32. The van der Waals surface area contributed by atoms with Crippen LogP contribution in [0.3, 0.4) is 0 Å². The highest BCUT2D eigenvalue weighted by molar-refractivity contribution is 5.88. The molecule has 0 saturated heterocycles. The Hall–Kier alpha value is -1.23. The molecule has 0 fully saturated rings. The van der Waals surface area contributed by atoms with Gasteiger partial charge in [0.1, 0.15) is 0 Å². The fourth-order valence-electron chi connectivity index (χ4n) is 1.10. The quantitative estimate of drug-likeness (QED) is 0.392. The number of hydrazine groups is 1. The lowest BCUT2D eigenvalue weighted by atomic mass is 9.94. The smallest absolute Gasteiger partial charge is 0.245 e. The molecule has 1 rings (SSSR count). The molecule has 1 aliphatic heterocycles. The van der Waals surface area contributed by atoms with E-state index < -0.39 is 11.4 Å². The van der Waals surface area contributed by atoms with Crippen LogP contribution in [0.1, 0.15) is 13.3 Å². The number of hydrogen-bond acceptors (Lipinski definition) is 4. The maximum atomic E-state index is 11.0. The SMILES string of the molecule is CCC1(C(N)=O)NNC=C1N. The number of nitrogens with two attached hydrogens (primary N) is 2. The Balaban J connectivity index is 2.93. The van der Waals surface area contributed by atoms with Gasteiger partial charge in [-0.1, -0.05) is 6.92 Å². The molecule has 1 heterocycles. The molecular weight excluding hydrogens is 144 g/mol. The summed E-state index contributed by atoms with van der Waals surface area (Å²) in [6.07, 6.45) is 2.08. The molecule has 62 valence electrons. The van der Waals surface area contributed by atoms with Crippen LogP contribution in [0.5, 0.6) is 0 Å². The molecule has 1 aliphatic rings. The van der Waals surface area contributed by atoms with Crippen LogP contribution >= 0.6 is 0 Å². The third-order valence-electron chi connectivity index (χ3n) is 1.96. The maximum Gasteiger partial charge on any atom is 0.245 e. The van der Waals surface area contributed by atoms with Crippen molar-refractivity contribution in [2.45, 2.75) is 18.9 Å². The monoisotopic (exact) mass is 156 g/mol. The highest BCUT2D eigenvalue weighted by Gasteiger charge is 2.40. The van der Waals surface area contributed by atoms with E-state index in [4.69, 9.17) is 11.5 Å². The van der Waals surface area contributed by atoms with E-state index in [9.17, 15) is 4.79 Å². The molecule has 0 aromatic heterocycles. The third kappa shape index (κ3) is 0.932. The summed E-state index contributed by atoms with van der Waals surface area (Å²) < 4.78 is 0. The van der Waals surface area contributed by atoms with Crippen LogP contribution in [-0.4, -0.2) is 11.4 Å². The van der Waals surface area contributed by atoms with Crippen LogP contribution < -0.4 is 22.3 Å². The first kappa shape index (κ1) is 7.87. The van der Waals surface area contributed by atoms with Gasteiger partial charge in [-0.25, -0.2) is 5.43 Å². The predicted molar refractivity (Wildman–Crippen MR) is 40.8 cm³/mol. The number of hydrogen-bond donors (Lipinski definition) is 4. The minimum absolute atomic E-state index is 0.438. The molecular formula is C6H12N4O. The molecule has 5 nitrogen and oxygen atoms in total. The molecule has 0 radical (unpaired) electrons. The van der Waals surface area contributed by atoms with E-state index in [2.05, 4.69) is 10.9 Å². The molecule has 0 spiro atoms. The van der Waals surface area contributed by atoms with Crippen LogP contribution in [0.2, 0.25) is 0 Å². The second kappa shape index (κ2) is 2.43. The highest BCUT2D eigenvalue weighted by Crippen LogP contribution is 2.18. The minimum atomic E-state index is -0.889. The van der Waals surface area contributed by atoms with Crippen LogP contribution in [-0.2, 0) is 4.79 Å². The first-order chi connectivity index (χ1) is 5.13. The van der Waals surface area contributed by atoms with Crippen molar-refractivity contribution in [3.05, 3.63) is 11.9 Å². The summed E-state index contributed by atoms with van der Waals surface area (Å²) in [5, 5.41) is 0. The Kier molecular flexibility index (Phi) is 1.74. The zero-order valence-corrected chi connectivity index (χ0v) is 6.35. The number of nitrogens with one attached hydrogen (secondary N) is 2. The van der Waals surface area contributed by atoms with Crippen molar-refractivity contribution >= 4 is 5.91 Å². The van der Waals surface area contributed by atoms with Gasteiger partial charge in [0.05, 0.1) is 5.70 Å². The molecule has 1 atom stereocenters. The maximum absolute atomic E-state index is 11.0. The normalized spacial score (nSPS) is 29.4. The van der Waals surface area contributed by atoms with Gasteiger partial charge in [-0.3, -0.25) is 4.79 Å². The molecule has 1 amide bonds. The number of primary amides is 1. The summed E-state index contributed by atoms with van der Waals surface area (Å²) in [5.74, 6) is -0.459. The predicted octanol–water partition coefficient (Wildman–Crippen LogP) is -1.47. The Bertz CT molecular complexity index is 213. The van der Waals surface area contributed by atoms with Crippen molar-refractivity contribution < 1.29 is 4.79 Å². The summed E-state index contributed by atoms with van der Waals surface area (Å²) >= 11 is 0. The van der Waals surface area contributed by atoms with E-state index >= 15 is 0 Å². The largest absolute Gasteiger partial charge is 0.399 e. The van der Waals surface area contributed by atoms with Gasteiger partial charge in [-0.15, -0.1) is 0 Å². The lowest BCUT2D eigenvalue weighted by Crippen LogP contribution is -2.57. The van der Waals surface area contributed by atoms with Gasteiger partial charge in [0.2, 0.25) is 5.91 Å². The van der Waals surface area contributed by atoms with Gasteiger partial charge in [0.25, 0.3) is 0 Å². The Labute approximate surface area is 64.8 Å². The molecule has 0 aliphatic carbocycles. The molecule has 11 heavy (non-hydrogen) atoms. The van der Waals surface area contributed by atoms with Crippen LogP contribution in [0.15, 0.2) is 11.9 Å². The first-order valence-electron chi connectivity index (χ1n) is 3.42. The Morgan fingerprint density at radius 1 is 1.82 bits per heavy atom. The number of rotatable bonds is 2. The Morgan fingerprint density at radius 3 is 2.64 bits per heavy atom. The standard InChI is InChI=1S/C6H12N4O/c1-2-6(5(8)11)4(7)3-9-10-6/h3,9-10H,2,7H2,1H3,(H2,8,11). The van der Waals surface area contributed by atoms with Gasteiger partial charge >= 0.3 is 0 Å². The van der Waals surface area contributed by atoms with Gasteiger partial charge in [0, 0.05) is 6.20 Å². The molecule has 0 bridgehead atoms. The summed E-state index contributed by atoms with van der Waals surface area (Å²) in [7, 11) is 0. The second-order valence-electron chi connectivity index (χ2n) is 2.49. The van der Waals surface area contributed by atoms with Gasteiger partial charge in [0.15, 0.2) is 5.54 Å². The first-order valence-corrected chi connectivity index (χ1v) is 3.42. The fourth-order valence-corrected chi connectivity index (χ4v) is 1.10. The second-order valence-corrected chi connectivity index (χ2v) is 2.49. The number of carbonyl (C=O) groups excluding carboxylic acids is 1. The lowest BCUT2D eigenvalue weighted by molar-refractivity contribution is -0.123. The summed E-state index contributed by atoms with van der Waals surface area (Å²) in [6.45, 7) is 1.84. The summed E-state index contributed by atoms with van der Waals surface area (Å²) in [4.78, 5) is 11.0. The Morgan fingerprint density at radius 2 is 2.45 bits per heavy atom. The van der Waals surface area contributed by atoms with Gasteiger partial charge in [-0.05, 0) is 6.42 Å². The molecule has 0 saturated carbocycles. The van der Waals surface area contributed by atoms with E-state index in [1.807, 2.05) is 6.92 Å². The van der Waals surface area contributed by atoms with Crippen molar-refractivity contribution in [2.24, 2.45) is 11.5 Å². The molecule has 1 unspecified atom stereocenters. The highest BCUT2D eigenvalue weighted by atomic mass is 16.1. The van der Waals surface area contributed by atoms with Crippen LogP contribution in [0.4, 0.5) is 0 Å². The average molecular weight is 156 g/mol. The topological polar surface area (TPSA) is 93.2 Å². The van der Waals surface area contributed by atoms with Crippen molar-refractivity contribution in [1.82, 2.24) is 10.9 Å². The van der Waals surface area contributed by atoms with Gasteiger partial charge in [-0.2, -0.15) is 0 Å². The van der Waals surface area contributed by atoms with Crippen LogP contribution in [0.25, 0.3) is 0 Å². The van der Waals surface area contributed by atoms with E-state index in [-0.39, 0.29) is 0 Å². The van der Waals surface area contributed by atoms with Crippen molar-refractivity contribution in [3.63, 3.8) is 0 Å². The molecule has 0 aromatic rings. The molecule has 5 heteroatoms. The summed E-state index contributed by atoms with van der Waals surface area (Å²) in [5.41, 5.74) is 15.7. The number of carbonyl (C=O) groups is 1. The fraction of sp³-hybridized carbons (Fsp3) is 0.500. The summed E-state index contributed by atoms with van der Waals surface area (Å²) in [6, 6.07) is 0. The molecule has 0 aromatic carbocycles. The van der Waals surface area contributed by atoms with Gasteiger partial charge < -0.3 is 16.9 Å². The van der Waals surface area contributed by atoms with Crippen molar-refractivity contribution in [2.75, 3.05) is 0 Å². The van der Waals surface area contributed by atoms with E-state index in [0.29, 0.717) is 12.1 Å². The zero-order valence-electron chi connectivity index (χ0n) is 6.35. The number of amides is 1. The van der Waals surface area contributed by atoms with E-state index in [1.165, 1.54) is 6.20 Å². The lowest BCUT2D eigenvalue weighted by Gasteiger charge is -2.24. The zero-order chi connectivity index (χ0) is 8.48. The molecule has 6 N–H and O–H groups in total. The third-order valence-corrected chi connectivity index (χ3v) is 1.96.